The fourth-order valence-electron chi connectivity index (χ4n) is 4.16. The standard InChI is InChI=1S/C20H24ClF5N4O9P2S/c1-10(11-2-4-12(5-3-11)42(22,23,24,25)26)28-14-6-16(21)29-19-13(14)7-27-30(19)20-18(32)17(31)15(39-20)8-38-41(36,37)9-40(33,34)35/h2-7,10,15,17-18,20,31-32H,8-9H2,1H3,(H,28,29)(H,36,37)(H2,33,34,35)/t10-,15-,17?,18+,20-/m1/s1. The molecule has 1 aliphatic rings. The van der Waals surface area contributed by atoms with Crippen molar-refractivity contribution in [3.05, 3.63) is 47.2 Å². The van der Waals surface area contributed by atoms with Gasteiger partial charge in [0.2, 0.25) is 0 Å². The first-order valence-electron chi connectivity index (χ1n) is 11.6. The number of aliphatic hydroxyl groups excluding tert-OH is 2. The highest BCUT2D eigenvalue weighted by Crippen LogP contribution is 3.02. The van der Waals surface area contributed by atoms with Gasteiger partial charge in [0, 0.05) is 6.04 Å². The third kappa shape index (κ3) is 7.60. The molecule has 1 fully saturated rings. The third-order valence-electron chi connectivity index (χ3n) is 6.11. The van der Waals surface area contributed by atoms with Gasteiger partial charge in [-0.15, -0.1) is 0 Å². The minimum absolute atomic E-state index is 0.000564. The van der Waals surface area contributed by atoms with E-state index in [9.17, 15) is 43.7 Å². The molecule has 0 amide bonds. The fraction of sp³-hybridized carbons (Fsp3) is 0.400. The Bertz CT molecular complexity index is 1600. The molecule has 3 aromatic rings. The maximum absolute atomic E-state index is 13.1. The van der Waals surface area contributed by atoms with Crippen molar-refractivity contribution in [3.8, 4) is 0 Å². The van der Waals surface area contributed by atoms with Gasteiger partial charge in [0.05, 0.1) is 23.9 Å². The van der Waals surface area contributed by atoms with E-state index in [1.807, 2.05) is 0 Å². The number of ether oxygens (including phenoxy) is 1. The molecule has 0 radical (unpaired) electrons. The molecule has 1 aliphatic heterocycles. The monoisotopic (exact) mass is 688 g/mol. The van der Waals surface area contributed by atoms with Crippen molar-refractivity contribution in [1.82, 2.24) is 14.8 Å². The number of fused-ring (bicyclic) bond motifs is 1. The summed E-state index contributed by atoms with van der Waals surface area (Å²) in [4.78, 5) is 29.6. The predicted octanol–water partition coefficient (Wildman–Crippen LogP) is 4.87. The zero-order valence-electron chi connectivity index (χ0n) is 21.0. The van der Waals surface area contributed by atoms with Crippen LogP contribution in [-0.4, -0.2) is 70.5 Å². The van der Waals surface area contributed by atoms with Crippen molar-refractivity contribution >= 4 is 53.7 Å². The maximum Gasteiger partial charge on any atom is 0.340 e. The number of halogens is 6. The minimum atomic E-state index is -9.85. The lowest BCUT2D eigenvalue weighted by Gasteiger charge is -2.40. The first-order valence-corrected chi connectivity index (χ1v) is 17.5. The summed E-state index contributed by atoms with van der Waals surface area (Å²) in [6.45, 7) is 0.706. The van der Waals surface area contributed by atoms with Gasteiger partial charge < -0.3 is 39.5 Å². The molecule has 236 valence electrons. The smallest absolute Gasteiger partial charge is 0.340 e. The SMILES string of the molecule is C[C@@H](Nc1cc(Cl)nc2c1cnn2[C@@H]1O[C@H](COP(=O)(O)CP(=O)(O)O)C(O)[C@@H]1O)c1ccc(S(F)(F)(F)(F)F)cc1. The number of hydrogen-bond acceptors (Lipinski definition) is 9. The summed E-state index contributed by atoms with van der Waals surface area (Å²) in [6.07, 6.45) is -5.01. The van der Waals surface area contributed by atoms with Gasteiger partial charge in [-0.2, -0.15) is 5.10 Å². The second-order valence-electron chi connectivity index (χ2n) is 9.51. The Labute approximate surface area is 238 Å². The molecule has 13 nitrogen and oxygen atoms in total. The highest BCUT2D eigenvalue weighted by atomic mass is 35.5. The van der Waals surface area contributed by atoms with Crippen LogP contribution < -0.4 is 5.32 Å². The molecule has 1 aromatic carbocycles. The summed E-state index contributed by atoms with van der Waals surface area (Å²) in [7, 11) is -19.5. The van der Waals surface area contributed by atoms with Crippen molar-refractivity contribution in [2.24, 2.45) is 0 Å². The Kier molecular flexibility index (Phi) is 8.13. The number of nitrogens with zero attached hydrogens (tertiary/aromatic N) is 3. The number of rotatable bonds is 10. The van der Waals surface area contributed by atoms with E-state index in [4.69, 9.17) is 26.1 Å². The van der Waals surface area contributed by atoms with Crippen molar-refractivity contribution in [3.63, 3.8) is 0 Å². The molecule has 4 rings (SSSR count). The molecule has 6 N–H and O–H groups in total. The van der Waals surface area contributed by atoms with Crippen LogP contribution in [0.25, 0.3) is 11.0 Å². The Hall–Kier alpha value is -1.89. The Morgan fingerprint density at radius 2 is 1.74 bits per heavy atom. The average molecular weight is 689 g/mol. The third-order valence-corrected chi connectivity index (χ3v) is 10.9. The van der Waals surface area contributed by atoms with Crippen LogP contribution >= 0.6 is 37.0 Å². The maximum atomic E-state index is 13.1. The molecule has 1 saturated heterocycles. The molecule has 42 heavy (non-hydrogen) atoms. The van der Waals surface area contributed by atoms with E-state index in [1.54, 1.807) is 0 Å². The molecule has 6 atom stereocenters. The fourth-order valence-corrected chi connectivity index (χ4v) is 7.56. The Morgan fingerprint density at radius 1 is 1.12 bits per heavy atom. The van der Waals surface area contributed by atoms with Crippen LogP contribution in [0.1, 0.15) is 24.8 Å². The molecule has 3 heterocycles. The van der Waals surface area contributed by atoms with Crippen LogP contribution in [-0.2, 0) is 18.4 Å². The molecule has 0 bridgehead atoms. The summed E-state index contributed by atoms with van der Waals surface area (Å²) in [5, 5.41) is 28.2. The lowest BCUT2D eigenvalue weighted by molar-refractivity contribution is -0.0541. The zero-order chi connectivity index (χ0) is 31.5. The van der Waals surface area contributed by atoms with Crippen LogP contribution in [0.3, 0.4) is 0 Å². The summed E-state index contributed by atoms with van der Waals surface area (Å²) in [5.41, 5.74) is 0.474. The van der Waals surface area contributed by atoms with Gasteiger partial charge in [0.15, 0.2) is 17.8 Å². The van der Waals surface area contributed by atoms with Crippen LogP contribution in [0.5, 0.6) is 0 Å². The topological polar surface area (TPSA) is 196 Å². The molecular formula is C20H24ClF5N4O9P2S. The highest BCUT2D eigenvalue weighted by Gasteiger charge is 2.65. The normalized spacial score (nSPS) is 25.5. The van der Waals surface area contributed by atoms with Gasteiger partial charge in [0.1, 0.15) is 28.4 Å². The van der Waals surface area contributed by atoms with Gasteiger partial charge in [-0.05, 0) is 30.7 Å². The van der Waals surface area contributed by atoms with Crippen molar-refractivity contribution in [2.75, 3.05) is 17.8 Å². The van der Waals surface area contributed by atoms with Crippen molar-refractivity contribution < 1.29 is 62.7 Å². The number of aliphatic hydroxyl groups is 2. The number of pyridine rings is 1. The largest absolute Gasteiger partial charge is 0.387 e. The van der Waals surface area contributed by atoms with E-state index < -0.39 is 73.4 Å². The van der Waals surface area contributed by atoms with E-state index in [1.165, 1.54) is 19.2 Å². The highest BCUT2D eigenvalue weighted by molar-refractivity contribution is 8.45. The van der Waals surface area contributed by atoms with Gasteiger partial charge in [0.25, 0.3) is 0 Å². The average Bonchev–Trinajstić information content (AvgIpc) is 3.35. The second kappa shape index (κ2) is 10.3. The molecule has 2 unspecified atom stereocenters. The van der Waals surface area contributed by atoms with E-state index in [2.05, 4.69) is 19.9 Å². The van der Waals surface area contributed by atoms with Crippen molar-refractivity contribution in [2.45, 2.75) is 42.4 Å². The van der Waals surface area contributed by atoms with Gasteiger partial charge in [-0.1, -0.05) is 43.2 Å². The Balaban J connectivity index is 1.55. The second-order valence-corrected chi connectivity index (χ2v) is 16.3. The van der Waals surface area contributed by atoms with Crippen LogP contribution in [0.2, 0.25) is 5.15 Å². The molecule has 0 aliphatic carbocycles. The van der Waals surface area contributed by atoms with Gasteiger partial charge in [-0.3, -0.25) is 9.13 Å². The van der Waals surface area contributed by atoms with Crippen LogP contribution in [0, 0.1) is 0 Å². The first-order chi connectivity index (χ1) is 18.9. The molecule has 0 spiro atoms. The van der Waals surface area contributed by atoms with E-state index >= 15 is 0 Å². The number of anilines is 1. The summed E-state index contributed by atoms with van der Waals surface area (Å²) >= 11 is 6.15. The van der Waals surface area contributed by atoms with E-state index in [0.717, 1.165) is 16.8 Å². The van der Waals surface area contributed by atoms with E-state index in [-0.39, 0.29) is 39.6 Å². The van der Waals surface area contributed by atoms with Crippen LogP contribution in [0.15, 0.2) is 41.4 Å². The van der Waals surface area contributed by atoms with Crippen LogP contribution in [0.4, 0.5) is 25.1 Å². The minimum Gasteiger partial charge on any atom is -0.387 e. The van der Waals surface area contributed by atoms with Gasteiger partial charge >= 0.3 is 25.4 Å². The number of nitrogens with one attached hydrogen (secondary N) is 1. The van der Waals surface area contributed by atoms with Gasteiger partial charge in [-0.25, -0.2) is 9.67 Å². The number of benzene rings is 1. The van der Waals surface area contributed by atoms with Crippen molar-refractivity contribution in [1.29, 1.82) is 0 Å². The first kappa shape index (κ1) is 33.0. The summed E-state index contributed by atoms with van der Waals surface area (Å²) in [6, 6.07) is 2.98. The molecule has 22 heteroatoms. The summed E-state index contributed by atoms with van der Waals surface area (Å²) in [5.74, 6) is -1.48. The number of hydrogen-bond donors (Lipinski definition) is 6. The zero-order valence-corrected chi connectivity index (χ0v) is 24.4. The number of aromatic nitrogens is 3. The summed E-state index contributed by atoms with van der Waals surface area (Å²) < 4.78 is 99.5. The molecule has 2 aromatic heterocycles. The predicted molar refractivity (Wildman–Crippen MR) is 141 cm³/mol. The lowest BCUT2D eigenvalue weighted by Crippen LogP contribution is -2.33. The molecule has 0 saturated carbocycles. The quantitative estimate of drug-likeness (QED) is 0.0962. The molecular weight excluding hydrogens is 665 g/mol. The Morgan fingerprint density at radius 3 is 2.31 bits per heavy atom. The lowest BCUT2D eigenvalue weighted by atomic mass is 10.1. The van der Waals surface area contributed by atoms with E-state index in [0.29, 0.717) is 0 Å².